The molecule has 0 radical (unpaired) electrons. The average molecular weight is 556 g/mol. The molecule has 0 bridgehead atoms. The Morgan fingerprint density at radius 3 is 2.27 bits per heavy atom. The first kappa shape index (κ1) is 27.4. The maximum atomic E-state index is 14.0. The third-order valence-corrected chi connectivity index (χ3v) is 6.57. The van der Waals surface area contributed by atoms with Gasteiger partial charge in [-0.2, -0.15) is 4.98 Å². The van der Waals surface area contributed by atoms with E-state index in [4.69, 9.17) is 13.8 Å². The molecule has 210 valence electrons. The summed E-state index contributed by atoms with van der Waals surface area (Å²) in [5, 5.41) is 0.517. The topological polar surface area (TPSA) is 140 Å². The second-order valence-corrected chi connectivity index (χ2v) is 9.48. The van der Waals surface area contributed by atoms with Crippen LogP contribution in [0, 0.1) is 6.92 Å². The number of hydrazine groups is 1. The molecule has 3 heterocycles. The van der Waals surface area contributed by atoms with E-state index in [2.05, 4.69) is 10.9 Å². The maximum Gasteiger partial charge on any atom is 0.349 e. The Labute approximate surface area is 234 Å². The molecule has 0 saturated heterocycles. The van der Waals surface area contributed by atoms with Crippen LogP contribution in [0.5, 0.6) is 0 Å². The lowest BCUT2D eigenvalue weighted by Crippen LogP contribution is -2.43. The van der Waals surface area contributed by atoms with Gasteiger partial charge in [0, 0.05) is 18.5 Å². The quantitative estimate of drug-likeness (QED) is 0.216. The fraction of sp³-hybridized carbons (Fsp3) is 0.233. The van der Waals surface area contributed by atoms with E-state index in [9.17, 15) is 19.2 Å². The van der Waals surface area contributed by atoms with Crippen LogP contribution < -0.4 is 26.9 Å². The second-order valence-electron chi connectivity index (χ2n) is 9.48. The average Bonchev–Trinajstić information content (AvgIpc) is 3.31. The molecule has 0 unspecified atom stereocenters. The van der Waals surface area contributed by atoms with Crippen LogP contribution in [0.25, 0.3) is 27.8 Å². The lowest BCUT2D eigenvalue weighted by molar-refractivity contribution is 0.0844. The van der Waals surface area contributed by atoms with Gasteiger partial charge in [-0.3, -0.25) is 25.2 Å². The van der Waals surface area contributed by atoms with E-state index in [1.165, 1.54) is 17.6 Å². The summed E-state index contributed by atoms with van der Waals surface area (Å²) in [4.78, 5) is 59.2. The summed E-state index contributed by atoms with van der Waals surface area (Å²) >= 11 is 0. The first-order valence-electron chi connectivity index (χ1n) is 13.3. The van der Waals surface area contributed by atoms with Crippen molar-refractivity contribution in [1.82, 2.24) is 20.4 Å². The second kappa shape index (κ2) is 11.5. The highest BCUT2D eigenvalue weighted by Gasteiger charge is 2.27. The predicted octanol–water partition coefficient (Wildman–Crippen LogP) is 4.09. The molecule has 0 aliphatic rings. The van der Waals surface area contributed by atoms with Crippen molar-refractivity contribution in [2.45, 2.75) is 33.6 Å². The Morgan fingerprint density at radius 2 is 1.56 bits per heavy atom. The first-order valence-corrected chi connectivity index (χ1v) is 13.3. The van der Waals surface area contributed by atoms with E-state index in [1.807, 2.05) is 36.9 Å². The highest BCUT2D eigenvalue weighted by atomic mass is 16.4. The number of furan rings is 1. The van der Waals surface area contributed by atoms with E-state index >= 15 is 0 Å². The molecule has 0 saturated carbocycles. The molecular weight excluding hydrogens is 526 g/mol. The van der Waals surface area contributed by atoms with Gasteiger partial charge in [-0.1, -0.05) is 50.2 Å². The van der Waals surface area contributed by atoms with Crippen LogP contribution in [0.1, 0.15) is 53.2 Å². The number of benzene rings is 2. The van der Waals surface area contributed by atoms with Gasteiger partial charge in [0.15, 0.2) is 0 Å². The third-order valence-electron chi connectivity index (χ3n) is 6.57. The smallest absolute Gasteiger partial charge is 0.349 e. The monoisotopic (exact) mass is 555 g/mol. The van der Waals surface area contributed by atoms with E-state index in [0.29, 0.717) is 35.7 Å². The van der Waals surface area contributed by atoms with Gasteiger partial charge in [-0.15, -0.1) is 0 Å². The third kappa shape index (κ3) is 5.21. The highest BCUT2D eigenvalue weighted by molar-refractivity contribution is 6.07. The first-order chi connectivity index (χ1) is 19.8. The Balaban J connectivity index is 1.54. The fourth-order valence-corrected chi connectivity index (χ4v) is 4.76. The molecule has 0 aliphatic heterocycles. The van der Waals surface area contributed by atoms with Crippen molar-refractivity contribution >= 4 is 39.8 Å². The number of fused-ring (bicyclic) bond motifs is 2. The zero-order valence-electron chi connectivity index (χ0n) is 22.9. The number of hydrogen-bond acceptors (Lipinski definition) is 8. The molecule has 2 aromatic carbocycles. The summed E-state index contributed by atoms with van der Waals surface area (Å²) in [5.41, 5.74) is 3.75. The Hall–Kier alpha value is -5.19. The zero-order valence-corrected chi connectivity index (χ0v) is 22.9. The largest absolute Gasteiger partial charge is 0.442 e. The molecule has 2 N–H and O–H groups in total. The maximum absolute atomic E-state index is 14.0. The van der Waals surface area contributed by atoms with Crippen molar-refractivity contribution < 1.29 is 18.4 Å². The van der Waals surface area contributed by atoms with Gasteiger partial charge in [0.2, 0.25) is 11.7 Å². The number of aryl methyl sites for hydroxylation is 1. The molecule has 0 spiro atoms. The molecule has 5 rings (SSSR count). The lowest BCUT2D eigenvalue weighted by atomic mass is 10.1. The predicted molar refractivity (Wildman–Crippen MR) is 155 cm³/mol. The van der Waals surface area contributed by atoms with Gasteiger partial charge in [0.05, 0.1) is 11.3 Å². The van der Waals surface area contributed by atoms with E-state index in [0.717, 1.165) is 12.8 Å². The van der Waals surface area contributed by atoms with Crippen LogP contribution in [0.3, 0.4) is 0 Å². The number of amides is 2. The Kier molecular flexibility index (Phi) is 7.68. The van der Waals surface area contributed by atoms with Gasteiger partial charge < -0.3 is 13.7 Å². The molecule has 3 aromatic heterocycles. The van der Waals surface area contributed by atoms with Crippen LogP contribution in [0.4, 0.5) is 5.95 Å². The summed E-state index contributed by atoms with van der Waals surface area (Å²) in [6.45, 7) is 6.96. The summed E-state index contributed by atoms with van der Waals surface area (Å²) in [7, 11) is 0. The molecule has 2 amide bonds. The van der Waals surface area contributed by atoms with Crippen molar-refractivity contribution in [3.05, 3.63) is 98.3 Å². The van der Waals surface area contributed by atoms with Gasteiger partial charge in [0.25, 0.3) is 17.4 Å². The zero-order chi connectivity index (χ0) is 29.1. The summed E-state index contributed by atoms with van der Waals surface area (Å²) in [5.74, 6) is -1.12. The van der Waals surface area contributed by atoms with E-state index in [-0.39, 0.29) is 28.0 Å². The molecular formula is C30H29N5O6. The standard InChI is InChI=1S/C30H29N5O6/c1-4-15-34(16-5-2)30-31-27-24(28(38)35(30)20-12-7-6-8-13-20)23(18(3)40-27)26(37)33-32-25(36)21-17-19-11-9-10-14-22(19)41-29(21)39/h6-14,17H,4-5,15-16H2,1-3H3,(H,32,36)(H,33,37). The van der Waals surface area contributed by atoms with Crippen molar-refractivity contribution in [1.29, 1.82) is 0 Å². The van der Waals surface area contributed by atoms with Crippen molar-refractivity contribution in [2.24, 2.45) is 0 Å². The van der Waals surface area contributed by atoms with E-state index < -0.39 is 23.0 Å². The minimum atomic E-state index is -0.875. The SMILES string of the molecule is CCCN(CCC)c1nc2oc(C)c(C(=O)NNC(=O)c3cc4ccccc4oc3=O)c2c(=O)n1-c1ccccc1. The molecule has 11 nitrogen and oxygen atoms in total. The number of aromatic nitrogens is 2. The van der Waals surface area contributed by atoms with Crippen LogP contribution in [0.2, 0.25) is 0 Å². The molecule has 0 aliphatic carbocycles. The number of nitrogens with one attached hydrogen (secondary N) is 2. The molecule has 5 aromatic rings. The Bertz CT molecular complexity index is 1870. The number of nitrogens with zero attached hydrogens (tertiary/aromatic N) is 3. The lowest BCUT2D eigenvalue weighted by Gasteiger charge is -2.25. The fourth-order valence-electron chi connectivity index (χ4n) is 4.76. The van der Waals surface area contributed by atoms with Crippen LogP contribution in [-0.2, 0) is 0 Å². The number of anilines is 1. The minimum absolute atomic E-state index is 0.0125. The normalized spacial score (nSPS) is 11.1. The molecule has 0 fully saturated rings. The van der Waals surface area contributed by atoms with Gasteiger partial charge in [-0.05, 0) is 44.0 Å². The molecule has 11 heteroatoms. The Morgan fingerprint density at radius 1 is 0.902 bits per heavy atom. The van der Waals surface area contributed by atoms with E-state index in [1.54, 1.807) is 36.4 Å². The minimum Gasteiger partial charge on any atom is -0.442 e. The molecule has 0 atom stereocenters. The number of hydrogen-bond donors (Lipinski definition) is 2. The summed E-state index contributed by atoms with van der Waals surface area (Å²) < 4.78 is 12.5. The summed E-state index contributed by atoms with van der Waals surface area (Å²) in [6, 6.07) is 17.2. The number of carbonyl (C=O) groups is 2. The number of para-hydroxylation sites is 2. The van der Waals surface area contributed by atoms with Crippen LogP contribution in [0.15, 0.2) is 79.1 Å². The molecule has 41 heavy (non-hydrogen) atoms. The van der Waals surface area contributed by atoms with Gasteiger partial charge >= 0.3 is 5.63 Å². The van der Waals surface area contributed by atoms with Gasteiger partial charge in [0.1, 0.15) is 22.3 Å². The number of carbonyl (C=O) groups excluding carboxylic acids is 2. The summed E-state index contributed by atoms with van der Waals surface area (Å²) in [6.07, 6.45) is 1.67. The van der Waals surface area contributed by atoms with Crippen LogP contribution >= 0.6 is 0 Å². The van der Waals surface area contributed by atoms with Crippen molar-refractivity contribution in [3.8, 4) is 5.69 Å². The highest BCUT2D eigenvalue weighted by Crippen LogP contribution is 2.26. The van der Waals surface area contributed by atoms with Gasteiger partial charge in [-0.25, -0.2) is 9.36 Å². The van der Waals surface area contributed by atoms with Crippen molar-refractivity contribution in [2.75, 3.05) is 18.0 Å². The van der Waals surface area contributed by atoms with Crippen molar-refractivity contribution in [3.63, 3.8) is 0 Å². The van der Waals surface area contributed by atoms with Crippen LogP contribution in [-0.4, -0.2) is 34.5 Å². The number of rotatable bonds is 8.